The summed E-state index contributed by atoms with van der Waals surface area (Å²) in [6.07, 6.45) is 6.97. The lowest BCUT2D eigenvalue weighted by Crippen LogP contribution is -2.67. The molecule has 1 spiro atoms. The van der Waals surface area contributed by atoms with E-state index in [4.69, 9.17) is 4.74 Å². The normalized spacial score (nSPS) is 31.1. The van der Waals surface area contributed by atoms with Crippen LogP contribution in [0.5, 0.6) is 0 Å². The third-order valence-electron chi connectivity index (χ3n) is 6.01. The molecule has 1 amide bonds. The lowest BCUT2D eigenvalue weighted by molar-refractivity contribution is -0.130. The van der Waals surface area contributed by atoms with Crippen molar-refractivity contribution < 1.29 is 9.53 Å². The van der Waals surface area contributed by atoms with Crippen molar-refractivity contribution in [2.75, 3.05) is 19.7 Å². The summed E-state index contributed by atoms with van der Waals surface area (Å²) in [5.41, 5.74) is 2.93. The summed E-state index contributed by atoms with van der Waals surface area (Å²) >= 11 is 1.41. The van der Waals surface area contributed by atoms with E-state index < -0.39 is 0 Å². The van der Waals surface area contributed by atoms with Gasteiger partial charge in [-0.1, -0.05) is 12.8 Å². The molecule has 2 N–H and O–H groups in total. The van der Waals surface area contributed by atoms with Gasteiger partial charge >= 0.3 is 0 Å². The maximum atomic E-state index is 12.1. The molecule has 0 radical (unpaired) electrons. The number of aryl methyl sites for hydroxylation is 1. The van der Waals surface area contributed by atoms with E-state index in [1.807, 2.05) is 6.92 Å². The van der Waals surface area contributed by atoms with Gasteiger partial charge in [0.05, 0.1) is 17.3 Å². The predicted molar refractivity (Wildman–Crippen MR) is 89.7 cm³/mol. The Labute approximate surface area is 141 Å². The van der Waals surface area contributed by atoms with Crippen LogP contribution in [0, 0.1) is 18.3 Å². The molecular weight excluding hydrogens is 310 g/mol. The number of rotatable bonds is 5. The van der Waals surface area contributed by atoms with E-state index in [1.54, 1.807) is 5.51 Å². The van der Waals surface area contributed by atoms with Gasteiger partial charge in [0.25, 0.3) is 5.91 Å². The highest BCUT2D eigenvalue weighted by Gasteiger charge is 2.64. The van der Waals surface area contributed by atoms with Gasteiger partial charge in [-0.15, -0.1) is 11.3 Å². The highest BCUT2D eigenvalue weighted by Crippen LogP contribution is 2.60. The number of amides is 1. The number of fused-ring (bicyclic) bond motifs is 2. The van der Waals surface area contributed by atoms with E-state index in [0.29, 0.717) is 30.0 Å². The van der Waals surface area contributed by atoms with E-state index in [9.17, 15) is 4.79 Å². The van der Waals surface area contributed by atoms with Gasteiger partial charge in [0.2, 0.25) is 0 Å². The van der Waals surface area contributed by atoms with Crippen molar-refractivity contribution >= 4 is 17.2 Å². The van der Waals surface area contributed by atoms with Crippen molar-refractivity contribution in [3.63, 3.8) is 0 Å². The van der Waals surface area contributed by atoms with Gasteiger partial charge in [0, 0.05) is 37.1 Å². The summed E-state index contributed by atoms with van der Waals surface area (Å²) in [5, 5.41) is 6.74. The Hall–Kier alpha value is -0.980. The summed E-state index contributed by atoms with van der Waals surface area (Å²) in [4.78, 5) is 17.0. The minimum Gasteiger partial charge on any atom is -0.377 e. The highest BCUT2D eigenvalue weighted by molar-refractivity contribution is 7.11. The van der Waals surface area contributed by atoms with Crippen molar-refractivity contribution in [3.8, 4) is 0 Å². The zero-order chi connectivity index (χ0) is 15.9. The molecule has 1 aromatic heterocycles. The minimum absolute atomic E-state index is 0.00179. The first-order valence-corrected chi connectivity index (χ1v) is 9.63. The molecule has 3 fully saturated rings. The van der Waals surface area contributed by atoms with Gasteiger partial charge < -0.3 is 15.4 Å². The van der Waals surface area contributed by atoms with E-state index in [1.165, 1.54) is 43.4 Å². The second-order valence-electron chi connectivity index (χ2n) is 7.14. The number of carbonyl (C=O) groups is 1. The average Bonchev–Trinajstić information content (AvgIpc) is 3.25. The number of hydrogen-bond donors (Lipinski definition) is 2. The molecule has 1 saturated heterocycles. The van der Waals surface area contributed by atoms with Gasteiger partial charge in [-0.3, -0.25) is 4.79 Å². The maximum Gasteiger partial charge on any atom is 0.263 e. The summed E-state index contributed by atoms with van der Waals surface area (Å²) < 4.78 is 6.01. The Morgan fingerprint density at radius 1 is 1.43 bits per heavy atom. The fourth-order valence-corrected chi connectivity index (χ4v) is 5.73. The van der Waals surface area contributed by atoms with Crippen LogP contribution in [0.2, 0.25) is 0 Å². The Balaban J connectivity index is 1.28. The van der Waals surface area contributed by atoms with Crippen LogP contribution >= 0.6 is 11.3 Å². The number of hydrogen-bond acceptors (Lipinski definition) is 5. The first-order valence-electron chi connectivity index (χ1n) is 8.76. The monoisotopic (exact) mass is 335 g/mol. The molecule has 4 rings (SSSR count). The second kappa shape index (κ2) is 6.15. The van der Waals surface area contributed by atoms with Gasteiger partial charge in [0.15, 0.2) is 0 Å². The Bertz CT molecular complexity index is 582. The zero-order valence-corrected chi connectivity index (χ0v) is 14.5. The topological polar surface area (TPSA) is 63.2 Å². The van der Waals surface area contributed by atoms with Crippen molar-refractivity contribution in [1.82, 2.24) is 15.6 Å². The first-order chi connectivity index (χ1) is 11.2. The summed E-state index contributed by atoms with van der Waals surface area (Å²) in [7, 11) is 0. The lowest BCUT2D eigenvalue weighted by Gasteiger charge is -2.57. The molecule has 3 atom stereocenters. The zero-order valence-electron chi connectivity index (χ0n) is 13.6. The molecule has 0 bridgehead atoms. The van der Waals surface area contributed by atoms with E-state index in [2.05, 4.69) is 15.6 Å². The third-order valence-corrected chi connectivity index (χ3v) is 6.94. The van der Waals surface area contributed by atoms with Crippen LogP contribution in [-0.2, 0) is 4.74 Å². The van der Waals surface area contributed by atoms with Crippen LogP contribution in [0.1, 0.15) is 47.5 Å². The molecule has 2 heterocycles. The molecule has 2 aliphatic carbocycles. The molecule has 2 saturated carbocycles. The molecule has 6 heteroatoms. The summed E-state index contributed by atoms with van der Waals surface area (Å²) in [6.45, 7) is 4.30. The molecule has 1 aliphatic heterocycles. The van der Waals surface area contributed by atoms with Crippen LogP contribution in [0.25, 0.3) is 0 Å². The largest absolute Gasteiger partial charge is 0.377 e. The Morgan fingerprint density at radius 3 is 3.00 bits per heavy atom. The fourth-order valence-electron chi connectivity index (χ4n) is 5.01. The van der Waals surface area contributed by atoms with Gasteiger partial charge in [0.1, 0.15) is 4.88 Å². The Kier molecular flexibility index (Phi) is 4.15. The van der Waals surface area contributed by atoms with Crippen molar-refractivity contribution in [3.05, 3.63) is 16.1 Å². The smallest absolute Gasteiger partial charge is 0.263 e. The number of thiazole rings is 1. The number of nitrogens with one attached hydrogen (secondary N) is 2. The summed E-state index contributed by atoms with van der Waals surface area (Å²) in [6, 6.07) is 0.583. The van der Waals surface area contributed by atoms with Gasteiger partial charge in [-0.25, -0.2) is 4.98 Å². The first kappa shape index (κ1) is 15.5. The van der Waals surface area contributed by atoms with Crippen molar-refractivity contribution in [1.29, 1.82) is 0 Å². The van der Waals surface area contributed by atoms with Crippen LogP contribution in [0.3, 0.4) is 0 Å². The van der Waals surface area contributed by atoms with Crippen LogP contribution < -0.4 is 10.6 Å². The van der Waals surface area contributed by atoms with Crippen LogP contribution in [-0.4, -0.2) is 42.7 Å². The average molecular weight is 335 g/mol. The molecule has 1 aromatic rings. The summed E-state index contributed by atoms with van der Waals surface area (Å²) in [5.74, 6) is 0.686. The number of ether oxygens (including phenoxy) is 1. The minimum atomic E-state index is -0.00179. The van der Waals surface area contributed by atoms with E-state index in [0.717, 1.165) is 23.7 Å². The molecule has 5 nitrogen and oxygen atoms in total. The van der Waals surface area contributed by atoms with Crippen molar-refractivity contribution in [2.45, 2.75) is 51.2 Å². The quantitative estimate of drug-likeness (QED) is 0.809. The molecule has 0 unspecified atom stereocenters. The number of carbonyl (C=O) groups excluding carboxylic acids is 1. The molecule has 126 valence electrons. The molecule has 23 heavy (non-hydrogen) atoms. The van der Waals surface area contributed by atoms with Crippen molar-refractivity contribution in [2.24, 2.45) is 11.3 Å². The lowest BCUT2D eigenvalue weighted by atomic mass is 9.54. The predicted octanol–water partition coefficient (Wildman–Crippen LogP) is 2.12. The molecule has 0 aromatic carbocycles. The molecular formula is C17H25N3O2S. The third kappa shape index (κ3) is 2.51. The fraction of sp³-hybridized carbons (Fsp3) is 0.765. The highest BCUT2D eigenvalue weighted by atomic mass is 32.1. The number of nitrogens with zero attached hydrogens (tertiary/aromatic N) is 1. The Morgan fingerprint density at radius 2 is 2.26 bits per heavy atom. The van der Waals surface area contributed by atoms with Gasteiger partial charge in [-0.2, -0.15) is 0 Å². The van der Waals surface area contributed by atoms with Gasteiger partial charge in [-0.05, 0) is 26.2 Å². The standard InChI is InChI=1S/C17H25N3O2S/c1-11-13(23-10-20-11)16(21)19-8-7-18-14-12-4-9-22-15(12)17(14)5-2-3-6-17/h10,12,14-15,18H,2-9H2,1H3,(H,19,21)/t12-,14-,15-/m1/s1. The second-order valence-corrected chi connectivity index (χ2v) is 7.99. The SMILES string of the molecule is Cc1ncsc1C(=O)NCCN[C@@H]1[C@H]2CCO[C@H]2C12CCCC2. The van der Waals surface area contributed by atoms with E-state index in [-0.39, 0.29) is 5.91 Å². The molecule has 3 aliphatic rings. The number of aromatic nitrogens is 1. The van der Waals surface area contributed by atoms with Crippen LogP contribution in [0.15, 0.2) is 5.51 Å². The maximum absolute atomic E-state index is 12.1. The van der Waals surface area contributed by atoms with Crippen LogP contribution in [0.4, 0.5) is 0 Å². The van der Waals surface area contributed by atoms with E-state index >= 15 is 0 Å².